The molecule has 0 amide bonds. The van der Waals surface area contributed by atoms with E-state index in [-0.39, 0.29) is 5.92 Å². The van der Waals surface area contributed by atoms with Crippen molar-refractivity contribution in [3.63, 3.8) is 0 Å². The zero-order valence-corrected chi connectivity index (χ0v) is 20.9. The van der Waals surface area contributed by atoms with Gasteiger partial charge in [0, 0.05) is 22.7 Å². The number of sulfone groups is 1. The van der Waals surface area contributed by atoms with Crippen molar-refractivity contribution in [3.05, 3.63) is 106 Å². The number of hydrogen-bond donors (Lipinski definition) is 1. The third kappa shape index (κ3) is 4.92. The first-order chi connectivity index (χ1) is 17.6. The van der Waals surface area contributed by atoms with Crippen molar-refractivity contribution in [3.8, 4) is 0 Å². The Kier molecular flexibility index (Phi) is 6.42. The summed E-state index contributed by atoms with van der Waals surface area (Å²) < 4.78 is 61.9. The second-order valence-electron chi connectivity index (χ2n) is 8.31. The molecule has 11 heteroatoms. The van der Waals surface area contributed by atoms with Crippen molar-refractivity contribution in [2.45, 2.75) is 23.2 Å². The van der Waals surface area contributed by atoms with Crippen LogP contribution in [0.4, 0.5) is 24.7 Å². The molecule has 0 aliphatic carbocycles. The lowest BCUT2D eigenvalue weighted by molar-refractivity contribution is -0.0436. The van der Waals surface area contributed by atoms with Crippen molar-refractivity contribution in [2.24, 2.45) is 0 Å². The van der Waals surface area contributed by atoms with Gasteiger partial charge in [0.15, 0.2) is 0 Å². The number of hydrogen-bond acceptors (Lipinski definition) is 7. The van der Waals surface area contributed by atoms with Crippen LogP contribution in [0.5, 0.6) is 0 Å². The minimum atomic E-state index is -5.42. The molecule has 3 aromatic carbocycles. The van der Waals surface area contributed by atoms with Crippen molar-refractivity contribution >= 4 is 43.6 Å². The lowest BCUT2D eigenvalue weighted by Crippen LogP contribution is -2.23. The molecule has 37 heavy (non-hydrogen) atoms. The average Bonchev–Trinajstić information content (AvgIpc) is 3.40. The molecule has 2 heterocycles. The number of aromatic nitrogens is 3. The fraction of sp³-hybridized carbons (Fsp3) is 0.115. The van der Waals surface area contributed by atoms with Gasteiger partial charge in [-0.25, -0.2) is 23.4 Å². The monoisotopic (exact) mass is 540 g/mol. The molecule has 5 aromatic rings. The van der Waals surface area contributed by atoms with Gasteiger partial charge in [-0.3, -0.25) is 0 Å². The second kappa shape index (κ2) is 9.56. The average molecular weight is 541 g/mol. The van der Waals surface area contributed by atoms with Gasteiger partial charge < -0.3 is 5.32 Å². The van der Waals surface area contributed by atoms with Crippen molar-refractivity contribution in [1.29, 1.82) is 0 Å². The van der Waals surface area contributed by atoms with Crippen LogP contribution < -0.4 is 5.32 Å². The summed E-state index contributed by atoms with van der Waals surface area (Å²) in [5.41, 5.74) is -1.13. The maximum atomic E-state index is 12.9. The Balaban J connectivity index is 1.53. The van der Waals surface area contributed by atoms with E-state index in [1.165, 1.54) is 18.5 Å². The summed E-state index contributed by atoms with van der Waals surface area (Å²) in [4.78, 5) is 12.4. The number of aryl methyl sites for hydroxylation is 1. The molecule has 6 nitrogen and oxygen atoms in total. The normalized spacial score (nSPS) is 13.0. The SMILES string of the molecule is Cc1ccc(C(c2ccc3ncnc(Nc4ccc(S(=O)(=O)C(F)(F)F)cc4)c3c2)c2nccs2)cc1. The Morgan fingerprint density at radius 3 is 2.24 bits per heavy atom. The van der Waals surface area contributed by atoms with Crippen LogP contribution in [0.15, 0.2) is 89.5 Å². The highest BCUT2D eigenvalue weighted by molar-refractivity contribution is 7.92. The summed E-state index contributed by atoms with van der Waals surface area (Å²) in [6.07, 6.45) is 3.14. The van der Waals surface area contributed by atoms with Crippen molar-refractivity contribution in [1.82, 2.24) is 15.0 Å². The number of halogens is 3. The van der Waals surface area contributed by atoms with Crippen LogP contribution in [-0.2, 0) is 9.84 Å². The Morgan fingerprint density at radius 1 is 0.892 bits per heavy atom. The zero-order chi connectivity index (χ0) is 26.2. The van der Waals surface area contributed by atoms with E-state index in [4.69, 9.17) is 0 Å². The van der Waals surface area contributed by atoms with Gasteiger partial charge in [0.1, 0.15) is 17.2 Å². The lowest BCUT2D eigenvalue weighted by Gasteiger charge is -2.17. The molecule has 2 aromatic heterocycles. The smallest absolute Gasteiger partial charge is 0.340 e. The summed E-state index contributed by atoms with van der Waals surface area (Å²) in [6, 6.07) is 18.4. The van der Waals surface area contributed by atoms with Crippen LogP contribution in [0, 0.1) is 6.92 Å². The Hall–Kier alpha value is -3.83. The largest absolute Gasteiger partial charge is 0.501 e. The molecule has 0 fully saturated rings. The molecule has 1 N–H and O–H groups in total. The Labute approximate surface area is 214 Å². The van der Waals surface area contributed by atoms with Crippen LogP contribution in [0.1, 0.15) is 27.6 Å². The van der Waals surface area contributed by atoms with Crippen molar-refractivity contribution < 1.29 is 21.6 Å². The number of nitrogens with one attached hydrogen (secondary N) is 1. The molecule has 5 rings (SSSR count). The maximum absolute atomic E-state index is 12.9. The van der Waals surface area contributed by atoms with Gasteiger partial charge in [0.25, 0.3) is 9.84 Å². The number of nitrogens with zero attached hydrogens (tertiary/aromatic N) is 3. The summed E-state index contributed by atoms with van der Waals surface area (Å²) in [5.74, 6) is 0.310. The summed E-state index contributed by atoms with van der Waals surface area (Å²) in [6.45, 7) is 2.03. The topological polar surface area (TPSA) is 84.8 Å². The van der Waals surface area contributed by atoms with E-state index in [1.54, 1.807) is 17.5 Å². The minimum Gasteiger partial charge on any atom is -0.340 e. The molecule has 1 unspecified atom stereocenters. The number of thiazole rings is 1. The molecule has 0 bridgehead atoms. The lowest BCUT2D eigenvalue weighted by atomic mass is 9.90. The van der Waals surface area contributed by atoms with E-state index in [1.807, 2.05) is 30.5 Å². The van der Waals surface area contributed by atoms with Crippen LogP contribution in [0.25, 0.3) is 10.9 Å². The number of fused-ring (bicyclic) bond motifs is 1. The molecule has 0 radical (unpaired) electrons. The highest BCUT2D eigenvalue weighted by Gasteiger charge is 2.46. The van der Waals surface area contributed by atoms with E-state index in [9.17, 15) is 21.6 Å². The molecule has 188 valence electrons. The summed E-state index contributed by atoms with van der Waals surface area (Å²) in [7, 11) is -5.42. The quantitative estimate of drug-likeness (QED) is 0.261. The standard InChI is InChI=1S/C26H19F3N4O2S2/c1-16-2-4-17(5-3-16)23(25-30-12-13-36-25)18-6-11-22-21(14-18)24(32-15-31-22)33-19-7-9-20(10-8-19)37(34,35)26(27,28)29/h2-15,23H,1H3,(H,31,32,33). The van der Waals surface area contributed by atoms with E-state index >= 15 is 0 Å². The summed E-state index contributed by atoms with van der Waals surface area (Å²) in [5, 5.41) is 6.62. The number of anilines is 2. The highest BCUT2D eigenvalue weighted by Crippen LogP contribution is 2.36. The Morgan fingerprint density at radius 2 is 1.59 bits per heavy atom. The number of rotatable bonds is 6. The molecule has 0 aliphatic heterocycles. The maximum Gasteiger partial charge on any atom is 0.501 e. The van der Waals surface area contributed by atoms with Gasteiger partial charge in [0.2, 0.25) is 0 Å². The van der Waals surface area contributed by atoms with E-state index in [0.717, 1.165) is 33.8 Å². The predicted octanol–water partition coefficient (Wildman–Crippen LogP) is 6.61. The predicted molar refractivity (Wildman–Crippen MR) is 137 cm³/mol. The molecule has 0 aliphatic rings. The van der Waals surface area contributed by atoms with E-state index in [0.29, 0.717) is 22.4 Å². The summed E-state index contributed by atoms with van der Waals surface area (Å²) >= 11 is 1.55. The van der Waals surface area contributed by atoms with E-state index < -0.39 is 20.2 Å². The second-order valence-corrected chi connectivity index (χ2v) is 11.2. The first-order valence-electron chi connectivity index (χ1n) is 11.0. The van der Waals surface area contributed by atoms with Gasteiger partial charge in [-0.05, 0) is 54.4 Å². The first kappa shape index (κ1) is 24.8. The fourth-order valence-electron chi connectivity index (χ4n) is 3.95. The molecule has 0 saturated heterocycles. The minimum absolute atomic E-state index is 0.120. The van der Waals surface area contributed by atoms with Gasteiger partial charge >= 0.3 is 5.51 Å². The highest BCUT2D eigenvalue weighted by atomic mass is 32.2. The zero-order valence-electron chi connectivity index (χ0n) is 19.3. The van der Waals surface area contributed by atoms with Crippen LogP contribution in [0.3, 0.4) is 0 Å². The van der Waals surface area contributed by atoms with Gasteiger partial charge in [0.05, 0.1) is 16.3 Å². The number of alkyl halides is 3. The van der Waals surface area contributed by atoms with E-state index in [2.05, 4.69) is 44.5 Å². The van der Waals surface area contributed by atoms with Crippen LogP contribution >= 0.6 is 11.3 Å². The van der Waals surface area contributed by atoms with Crippen LogP contribution in [-0.4, -0.2) is 28.9 Å². The molecule has 0 saturated carbocycles. The third-order valence-corrected chi connectivity index (χ3v) is 8.18. The number of benzene rings is 3. The van der Waals surface area contributed by atoms with Gasteiger partial charge in [-0.2, -0.15) is 13.2 Å². The fourth-order valence-corrected chi connectivity index (χ4v) is 5.51. The van der Waals surface area contributed by atoms with Gasteiger partial charge in [-0.1, -0.05) is 35.9 Å². The van der Waals surface area contributed by atoms with Gasteiger partial charge in [-0.15, -0.1) is 11.3 Å². The molecular weight excluding hydrogens is 521 g/mol. The first-order valence-corrected chi connectivity index (χ1v) is 13.4. The molecule has 1 atom stereocenters. The van der Waals surface area contributed by atoms with Crippen LogP contribution in [0.2, 0.25) is 0 Å². The third-order valence-electron chi connectivity index (χ3n) is 5.83. The molecule has 0 spiro atoms. The Bertz CT molecular complexity index is 1650. The molecular formula is C26H19F3N4O2S2. The van der Waals surface area contributed by atoms with Crippen molar-refractivity contribution in [2.75, 3.05) is 5.32 Å².